The molecular weight excluding hydrogens is 943 g/mol. The molecule has 0 aromatic heterocycles. The van der Waals surface area contributed by atoms with Gasteiger partial charge in [0.05, 0.1) is 0 Å². The van der Waals surface area contributed by atoms with Crippen molar-refractivity contribution in [3.05, 3.63) is 0 Å². The number of unbranched alkanes of at least 4 members (excludes halogenated alkanes) is 44. The first-order chi connectivity index (χ1) is 38.0. The first-order valence-corrected chi connectivity index (χ1v) is 35.9. The summed E-state index contributed by atoms with van der Waals surface area (Å²) in [5.74, 6) is -0.645. The number of nitrogens with zero attached hydrogens (tertiary/aromatic N) is 5. The monoisotopic (exact) mass is 1090 g/mol. The second kappa shape index (κ2) is 61.3. The number of carbonyl (C=O) groups is 1. The lowest BCUT2D eigenvalue weighted by atomic mass is 10.1. The summed E-state index contributed by atoms with van der Waals surface area (Å²) in [4.78, 5) is 25.1. The smallest absolute Gasteiger partial charge is 0.303 e. The Bertz CT molecular complexity index is 1110. The maximum Gasteiger partial charge on any atom is 0.303 e. The van der Waals surface area contributed by atoms with Gasteiger partial charge in [-0.25, -0.2) is 0 Å². The van der Waals surface area contributed by atoms with Gasteiger partial charge in [0, 0.05) is 71.9 Å². The zero-order valence-corrected chi connectivity index (χ0v) is 53.6. The van der Waals surface area contributed by atoms with Crippen LogP contribution in [0.15, 0.2) is 0 Å². The van der Waals surface area contributed by atoms with E-state index in [0.717, 1.165) is 12.8 Å². The molecule has 77 heavy (non-hydrogen) atoms. The van der Waals surface area contributed by atoms with Gasteiger partial charge in [0.2, 0.25) is 0 Å². The summed E-state index contributed by atoms with van der Waals surface area (Å²) in [5.41, 5.74) is 0. The van der Waals surface area contributed by atoms with E-state index in [9.17, 15) is 4.79 Å². The predicted molar refractivity (Wildman–Crippen MR) is 343 cm³/mol. The third-order valence-corrected chi connectivity index (χ3v) is 17.8. The van der Waals surface area contributed by atoms with Gasteiger partial charge < -0.3 is 19.8 Å². The fraction of sp³-hybridized carbons (Fsp3) is 0.986. The van der Waals surface area contributed by atoms with E-state index in [2.05, 4.69) is 52.2 Å². The van der Waals surface area contributed by atoms with Crippen LogP contribution in [0.1, 0.15) is 349 Å². The van der Waals surface area contributed by atoms with E-state index in [1.165, 1.54) is 400 Å². The normalized spacial score (nSPS) is 13.6. The van der Waals surface area contributed by atoms with Crippen LogP contribution in [0.4, 0.5) is 0 Å². The molecule has 1 rings (SSSR count). The molecule has 0 amide bonds. The lowest BCUT2D eigenvalue weighted by molar-refractivity contribution is -0.137. The number of hydrogen-bond acceptors (Lipinski definition) is 6. The average Bonchev–Trinajstić information content (AvgIpc) is 3.43. The molecule has 7 nitrogen and oxygen atoms in total. The molecule has 1 N–H and O–H groups in total. The van der Waals surface area contributed by atoms with E-state index in [1.807, 2.05) is 0 Å². The van der Waals surface area contributed by atoms with E-state index in [-0.39, 0.29) is 0 Å². The summed E-state index contributed by atoms with van der Waals surface area (Å²) in [7, 11) is 0. The second-order valence-electron chi connectivity index (χ2n) is 25.3. The Kier molecular flexibility index (Phi) is 59.2. The van der Waals surface area contributed by atoms with E-state index in [1.54, 1.807) is 0 Å². The Morgan fingerprint density at radius 2 is 0.442 bits per heavy atom. The molecule has 0 saturated carbocycles. The van der Waals surface area contributed by atoms with E-state index < -0.39 is 5.97 Å². The van der Waals surface area contributed by atoms with Gasteiger partial charge in [-0.15, -0.1) is 0 Å². The van der Waals surface area contributed by atoms with Gasteiger partial charge in [0.15, 0.2) is 0 Å². The van der Waals surface area contributed by atoms with Crippen LogP contribution in [0.5, 0.6) is 0 Å². The maximum absolute atomic E-state index is 10.8. The summed E-state index contributed by atoms with van der Waals surface area (Å²) in [5, 5.41) is 8.91. The molecule has 0 aromatic carbocycles. The molecule has 0 aliphatic carbocycles. The highest BCUT2D eigenvalue weighted by molar-refractivity contribution is 5.66. The molecule has 1 fully saturated rings. The minimum absolute atomic E-state index is 0.336. The Morgan fingerprint density at radius 3 is 0.662 bits per heavy atom. The predicted octanol–water partition coefficient (Wildman–Crippen LogP) is 20.2. The summed E-state index contributed by atoms with van der Waals surface area (Å²) >= 11 is 0. The van der Waals surface area contributed by atoms with Crippen LogP contribution in [-0.2, 0) is 4.79 Å². The lowest BCUT2D eigenvalue weighted by Gasteiger charge is -2.37. The first kappa shape index (κ1) is 74.3. The average molecular weight is 1090 g/mol. The Labute approximate surface area is 485 Å². The van der Waals surface area contributed by atoms with Crippen LogP contribution >= 0.6 is 0 Å². The van der Waals surface area contributed by atoms with Gasteiger partial charge in [0.25, 0.3) is 0 Å². The number of carboxylic acids is 1. The zero-order valence-electron chi connectivity index (χ0n) is 53.6. The molecule has 0 aromatic rings. The van der Waals surface area contributed by atoms with E-state index in [4.69, 9.17) is 5.11 Å². The summed E-state index contributed by atoms with van der Waals surface area (Å²) in [6, 6.07) is 0. The SMILES string of the molecule is CCCCCCCCCCCCN(CCCCCCCCCCCC)CCN(CCCCCCCCCCCC)CCN1CCN(CCN(CCCCCCCCCCCC)CCCCCCCCCCCC(=O)O)CC1. The highest BCUT2D eigenvalue weighted by Crippen LogP contribution is 2.17. The fourth-order valence-electron chi connectivity index (χ4n) is 12.2. The van der Waals surface area contributed by atoms with Crippen molar-refractivity contribution in [3.8, 4) is 0 Å². The molecule has 1 saturated heterocycles. The number of aliphatic carboxylic acids is 1. The minimum Gasteiger partial charge on any atom is -0.481 e. The van der Waals surface area contributed by atoms with Gasteiger partial charge in [-0.2, -0.15) is 0 Å². The Balaban J connectivity index is 2.72. The molecule has 1 heterocycles. The third-order valence-electron chi connectivity index (χ3n) is 17.8. The largest absolute Gasteiger partial charge is 0.481 e. The molecular formula is C70H143N5O2. The summed E-state index contributed by atoms with van der Waals surface area (Å²) in [6.45, 7) is 28.3. The summed E-state index contributed by atoms with van der Waals surface area (Å²) < 4.78 is 0. The van der Waals surface area contributed by atoms with Crippen LogP contribution in [0.3, 0.4) is 0 Å². The van der Waals surface area contributed by atoms with Gasteiger partial charge in [-0.3, -0.25) is 14.6 Å². The Morgan fingerprint density at radius 1 is 0.260 bits per heavy atom. The molecule has 0 unspecified atom stereocenters. The van der Waals surface area contributed by atoms with Crippen molar-refractivity contribution < 1.29 is 9.90 Å². The van der Waals surface area contributed by atoms with Gasteiger partial charge in [-0.05, 0) is 71.2 Å². The fourth-order valence-corrected chi connectivity index (χ4v) is 12.2. The number of hydrogen-bond donors (Lipinski definition) is 1. The zero-order chi connectivity index (χ0) is 55.4. The van der Waals surface area contributed by atoms with Crippen LogP contribution in [0, 0.1) is 0 Å². The van der Waals surface area contributed by atoms with Crippen molar-refractivity contribution in [1.29, 1.82) is 0 Å². The number of carboxylic acid groups (broad SMARTS) is 1. The number of rotatable bonds is 65. The molecule has 0 radical (unpaired) electrons. The molecule has 1 aliphatic heterocycles. The molecule has 0 bridgehead atoms. The van der Waals surface area contributed by atoms with Gasteiger partial charge >= 0.3 is 5.97 Å². The van der Waals surface area contributed by atoms with Crippen molar-refractivity contribution in [2.75, 3.05) is 98.2 Å². The maximum atomic E-state index is 10.8. The highest BCUT2D eigenvalue weighted by atomic mass is 16.4. The van der Waals surface area contributed by atoms with Gasteiger partial charge in [-0.1, -0.05) is 304 Å². The third kappa shape index (κ3) is 54.3. The van der Waals surface area contributed by atoms with Crippen LogP contribution in [0.2, 0.25) is 0 Å². The highest BCUT2D eigenvalue weighted by Gasteiger charge is 2.19. The molecule has 0 atom stereocenters. The van der Waals surface area contributed by atoms with Gasteiger partial charge in [0.1, 0.15) is 0 Å². The molecule has 460 valence electrons. The van der Waals surface area contributed by atoms with Crippen molar-refractivity contribution in [3.63, 3.8) is 0 Å². The minimum atomic E-state index is -0.645. The summed E-state index contributed by atoms with van der Waals surface area (Å²) in [6.07, 6.45) is 68.5. The molecule has 1 aliphatic rings. The lowest BCUT2D eigenvalue weighted by Crippen LogP contribution is -2.50. The molecule has 0 spiro atoms. The standard InChI is InChI=1S/C70H143N5O2/c1-5-9-13-17-21-25-31-37-43-49-55-71(56-50-44-38-32-26-22-18-14-10-6-2)60-62-73(59-53-47-41-34-28-24-20-16-12-8-4)63-65-75-68-66-74(67-69-75)64-61-72(57-51-45-39-33-27-23-19-15-11-7-3)58-52-46-40-35-29-30-36-42-48-54-70(76)77/h5-69H2,1-4H3,(H,76,77). The quantitative estimate of drug-likeness (QED) is 0.0609. The number of piperazine rings is 1. The second-order valence-corrected chi connectivity index (χ2v) is 25.3. The topological polar surface area (TPSA) is 53.5 Å². The van der Waals surface area contributed by atoms with Crippen molar-refractivity contribution >= 4 is 5.97 Å². The van der Waals surface area contributed by atoms with Crippen molar-refractivity contribution in [2.45, 2.75) is 349 Å². The van der Waals surface area contributed by atoms with Crippen molar-refractivity contribution in [1.82, 2.24) is 24.5 Å². The first-order valence-electron chi connectivity index (χ1n) is 35.9. The van der Waals surface area contributed by atoms with Crippen LogP contribution in [-0.4, -0.2) is 134 Å². The van der Waals surface area contributed by atoms with Crippen LogP contribution < -0.4 is 0 Å². The van der Waals surface area contributed by atoms with E-state index in [0.29, 0.717) is 6.42 Å². The van der Waals surface area contributed by atoms with E-state index >= 15 is 0 Å². The molecule has 7 heteroatoms. The van der Waals surface area contributed by atoms with Crippen LogP contribution in [0.25, 0.3) is 0 Å². The van der Waals surface area contributed by atoms with Crippen molar-refractivity contribution in [2.24, 2.45) is 0 Å². The Hall–Kier alpha value is -0.730.